The average molecular weight is 331 g/mol. The Bertz CT molecular complexity index is 801. The van der Waals surface area contributed by atoms with Crippen LogP contribution in [0.1, 0.15) is 5.82 Å². The summed E-state index contributed by atoms with van der Waals surface area (Å²) in [5, 5.41) is 0.480. The van der Waals surface area contributed by atoms with E-state index in [-0.39, 0.29) is 16.6 Å². The summed E-state index contributed by atoms with van der Waals surface area (Å²) >= 11 is 17.6. The van der Waals surface area contributed by atoms with Crippen molar-refractivity contribution in [3.05, 3.63) is 52.1 Å². The summed E-state index contributed by atoms with van der Waals surface area (Å²) in [5.74, 6) is 0.0362. The van der Waals surface area contributed by atoms with Crippen molar-refractivity contribution in [1.29, 1.82) is 0 Å². The molecule has 0 atom stereocenters. The minimum Gasteiger partial charge on any atom is -0.277 e. The number of pyridine rings is 1. The number of hydrogen-bond donors (Lipinski definition) is 0. The predicted octanol–water partition coefficient (Wildman–Crippen LogP) is 4.61. The van der Waals surface area contributed by atoms with Crippen LogP contribution in [0.2, 0.25) is 10.0 Å². The zero-order valence-electron chi connectivity index (χ0n) is 9.95. The Morgan fingerprint density at radius 1 is 1.25 bits per heavy atom. The summed E-state index contributed by atoms with van der Waals surface area (Å²) in [4.78, 5) is 8.51. The lowest BCUT2D eigenvalue weighted by atomic mass is 10.3. The molecule has 3 rings (SSSR count). The van der Waals surface area contributed by atoms with E-state index in [0.29, 0.717) is 22.0 Å². The minimum absolute atomic E-state index is 0.0267. The van der Waals surface area contributed by atoms with Gasteiger partial charge in [0, 0.05) is 6.20 Å². The molecule has 3 aromatic rings. The van der Waals surface area contributed by atoms with Gasteiger partial charge in [-0.15, -0.1) is 11.6 Å². The van der Waals surface area contributed by atoms with Gasteiger partial charge in [0.05, 0.1) is 21.6 Å². The number of rotatable bonds is 2. The van der Waals surface area contributed by atoms with Crippen molar-refractivity contribution in [2.45, 2.75) is 5.88 Å². The van der Waals surface area contributed by atoms with E-state index in [4.69, 9.17) is 34.8 Å². The molecule has 102 valence electrons. The number of aromatic nitrogens is 3. The van der Waals surface area contributed by atoms with E-state index in [1.807, 2.05) is 0 Å². The molecule has 0 saturated heterocycles. The predicted molar refractivity (Wildman–Crippen MR) is 78.4 cm³/mol. The summed E-state index contributed by atoms with van der Waals surface area (Å²) in [6.45, 7) is 0. The van der Waals surface area contributed by atoms with E-state index in [1.165, 1.54) is 12.3 Å². The fourth-order valence-corrected chi connectivity index (χ4v) is 2.50. The molecular formula is C13H7Cl3FN3. The molecule has 0 aliphatic heterocycles. The average Bonchev–Trinajstić information content (AvgIpc) is 2.79. The zero-order valence-corrected chi connectivity index (χ0v) is 12.2. The van der Waals surface area contributed by atoms with Crippen molar-refractivity contribution in [3.8, 4) is 5.69 Å². The molecule has 7 heteroatoms. The second-order valence-electron chi connectivity index (χ2n) is 4.07. The number of imidazole rings is 1. The molecular weight excluding hydrogens is 324 g/mol. The molecule has 0 bridgehead atoms. The highest BCUT2D eigenvalue weighted by molar-refractivity contribution is 6.31. The van der Waals surface area contributed by atoms with Crippen LogP contribution < -0.4 is 0 Å². The highest BCUT2D eigenvalue weighted by atomic mass is 35.5. The monoisotopic (exact) mass is 329 g/mol. The number of hydrogen-bond acceptors (Lipinski definition) is 2. The Labute approximate surface area is 128 Å². The van der Waals surface area contributed by atoms with E-state index in [9.17, 15) is 4.39 Å². The summed E-state index contributed by atoms with van der Waals surface area (Å²) in [6, 6.07) is 6.37. The lowest BCUT2D eigenvalue weighted by Gasteiger charge is -2.09. The first-order valence-electron chi connectivity index (χ1n) is 5.65. The highest BCUT2D eigenvalue weighted by Gasteiger charge is 2.17. The third-order valence-electron chi connectivity index (χ3n) is 2.82. The van der Waals surface area contributed by atoms with Crippen LogP contribution in [-0.2, 0) is 5.88 Å². The number of alkyl halides is 1. The normalized spacial score (nSPS) is 11.2. The first-order chi connectivity index (χ1) is 9.61. The van der Waals surface area contributed by atoms with Crippen molar-refractivity contribution >= 4 is 46.0 Å². The Kier molecular flexibility index (Phi) is 3.54. The Morgan fingerprint density at radius 3 is 2.80 bits per heavy atom. The molecule has 0 radical (unpaired) electrons. The van der Waals surface area contributed by atoms with Gasteiger partial charge >= 0.3 is 0 Å². The first kappa shape index (κ1) is 13.6. The number of nitrogens with zero attached hydrogens (tertiary/aromatic N) is 3. The second kappa shape index (κ2) is 5.20. The summed E-state index contributed by atoms with van der Waals surface area (Å²) in [7, 11) is 0. The highest BCUT2D eigenvalue weighted by Crippen LogP contribution is 2.27. The molecule has 0 amide bonds. The first-order valence-corrected chi connectivity index (χ1v) is 6.94. The van der Waals surface area contributed by atoms with Gasteiger partial charge in [0.1, 0.15) is 11.3 Å². The van der Waals surface area contributed by atoms with Crippen LogP contribution in [0.4, 0.5) is 4.39 Å². The molecule has 0 aliphatic carbocycles. The standard InChI is InChI=1S/C13H7Cl3FN3/c14-5-11-19-9-4-7(15)6-18-13(9)20(11)10-3-1-2-8(16)12(10)17/h1-4,6H,5H2. The zero-order chi connectivity index (χ0) is 14.3. The number of benzene rings is 1. The van der Waals surface area contributed by atoms with Crippen LogP contribution >= 0.6 is 34.8 Å². The summed E-state index contributed by atoms with van der Waals surface area (Å²) in [6.07, 6.45) is 1.47. The molecule has 3 nitrogen and oxygen atoms in total. The van der Waals surface area contributed by atoms with E-state index < -0.39 is 5.82 Å². The van der Waals surface area contributed by atoms with Gasteiger partial charge in [-0.05, 0) is 18.2 Å². The Morgan fingerprint density at radius 2 is 2.05 bits per heavy atom. The molecule has 2 heterocycles. The second-order valence-corrected chi connectivity index (χ2v) is 5.18. The van der Waals surface area contributed by atoms with Crippen LogP contribution in [-0.4, -0.2) is 14.5 Å². The maximum atomic E-state index is 14.2. The Hall–Kier alpha value is -1.36. The topological polar surface area (TPSA) is 30.7 Å². The van der Waals surface area contributed by atoms with Crippen molar-refractivity contribution in [3.63, 3.8) is 0 Å². The smallest absolute Gasteiger partial charge is 0.165 e. The maximum Gasteiger partial charge on any atom is 0.165 e. The molecule has 0 aliphatic rings. The molecule has 0 spiro atoms. The van der Waals surface area contributed by atoms with E-state index >= 15 is 0 Å². The SMILES string of the molecule is Fc1c(Cl)cccc1-n1c(CCl)nc2cc(Cl)cnc21. The van der Waals surface area contributed by atoms with Crippen LogP contribution in [0, 0.1) is 5.82 Å². The minimum atomic E-state index is -0.545. The number of halogens is 4. The van der Waals surface area contributed by atoms with Crippen LogP contribution in [0.3, 0.4) is 0 Å². The van der Waals surface area contributed by atoms with Gasteiger partial charge in [0.25, 0.3) is 0 Å². The lowest BCUT2D eigenvalue weighted by molar-refractivity contribution is 0.618. The van der Waals surface area contributed by atoms with Gasteiger partial charge in [-0.25, -0.2) is 14.4 Å². The molecule has 20 heavy (non-hydrogen) atoms. The van der Waals surface area contributed by atoms with E-state index in [0.717, 1.165) is 0 Å². The summed E-state index contributed by atoms with van der Waals surface area (Å²) < 4.78 is 15.8. The van der Waals surface area contributed by atoms with Gasteiger partial charge in [0.2, 0.25) is 0 Å². The largest absolute Gasteiger partial charge is 0.277 e. The van der Waals surface area contributed by atoms with Crippen molar-refractivity contribution < 1.29 is 4.39 Å². The fraction of sp³-hybridized carbons (Fsp3) is 0.0769. The van der Waals surface area contributed by atoms with Crippen molar-refractivity contribution in [2.24, 2.45) is 0 Å². The van der Waals surface area contributed by atoms with Gasteiger partial charge in [-0.2, -0.15) is 0 Å². The third-order valence-corrected chi connectivity index (χ3v) is 3.56. The van der Waals surface area contributed by atoms with Crippen molar-refractivity contribution in [1.82, 2.24) is 14.5 Å². The van der Waals surface area contributed by atoms with Gasteiger partial charge in [-0.1, -0.05) is 29.3 Å². The van der Waals surface area contributed by atoms with Gasteiger partial charge in [0.15, 0.2) is 11.5 Å². The van der Waals surface area contributed by atoms with Crippen LogP contribution in [0.5, 0.6) is 0 Å². The van der Waals surface area contributed by atoms with Crippen LogP contribution in [0.25, 0.3) is 16.9 Å². The molecule has 0 N–H and O–H groups in total. The quantitative estimate of drug-likeness (QED) is 0.643. The van der Waals surface area contributed by atoms with Crippen LogP contribution in [0.15, 0.2) is 30.5 Å². The Balaban J connectivity index is 2.37. The lowest BCUT2D eigenvalue weighted by Crippen LogP contribution is -2.03. The molecule has 1 aromatic carbocycles. The third kappa shape index (κ3) is 2.14. The summed E-state index contributed by atoms with van der Waals surface area (Å²) in [5.41, 5.74) is 1.28. The van der Waals surface area contributed by atoms with Gasteiger partial charge < -0.3 is 0 Å². The molecule has 0 saturated carbocycles. The molecule has 2 aromatic heterocycles. The number of fused-ring (bicyclic) bond motifs is 1. The van der Waals surface area contributed by atoms with E-state index in [1.54, 1.807) is 22.8 Å². The maximum absolute atomic E-state index is 14.2. The fourth-order valence-electron chi connectivity index (χ4n) is 2.00. The molecule has 0 fully saturated rings. The van der Waals surface area contributed by atoms with E-state index in [2.05, 4.69) is 9.97 Å². The van der Waals surface area contributed by atoms with Gasteiger partial charge in [-0.3, -0.25) is 4.57 Å². The molecule has 0 unspecified atom stereocenters. The van der Waals surface area contributed by atoms with Crippen molar-refractivity contribution in [2.75, 3.05) is 0 Å².